The summed E-state index contributed by atoms with van der Waals surface area (Å²) in [6.07, 6.45) is 2.01. The van der Waals surface area contributed by atoms with Crippen LogP contribution in [0, 0.1) is 6.92 Å². The summed E-state index contributed by atoms with van der Waals surface area (Å²) < 4.78 is 2.23. The van der Waals surface area contributed by atoms with E-state index in [1.807, 2.05) is 0 Å². The molecule has 126 valence electrons. The molecule has 2 aromatic heterocycles. The number of rotatable bonds is 7. The van der Waals surface area contributed by atoms with Gasteiger partial charge in [-0.05, 0) is 13.3 Å². The minimum Gasteiger partial charge on any atom is -0.306 e. The molecule has 3 aromatic rings. The maximum Gasteiger partial charge on any atom is 0.191 e. The topological polar surface area (TPSA) is 43.6 Å². The first-order chi connectivity index (χ1) is 11.7. The molecule has 4 nitrogen and oxygen atoms in total. The standard InChI is InChI=1S/C18H22N4S2/c1-4-10-22-16(5-2)20-21-18(22)24-12-15-11-23-17(19-15)14-8-6-13(3)7-9-14/h6-9,11H,4-5,10,12H2,1-3H3. The van der Waals surface area contributed by atoms with Crippen LogP contribution in [0.1, 0.15) is 37.4 Å². The second kappa shape index (κ2) is 7.94. The second-order valence-electron chi connectivity index (χ2n) is 5.70. The van der Waals surface area contributed by atoms with E-state index in [4.69, 9.17) is 4.98 Å². The van der Waals surface area contributed by atoms with E-state index in [2.05, 4.69) is 65.2 Å². The molecule has 0 radical (unpaired) electrons. The number of thiazole rings is 1. The molecule has 2 heterocycles. The zero-order chi connectivity index (χ0) is 16.9. The van der Waals surface area contributed by atoms with Crippen LogP contribution < -0.4 is 0 Å². The highest BCUT2D eigenvalue weighted by Gasteiger charge is 2.12. The third-order valence-corrected chi connectivity index (χ3v) is 5.70. The van der Waals surface area contributed by atoms with Gasteiger partial charge in [-0.2, -0.15) is 0 Å². The highest BCUT2D eigenvalue weighted by atomic mass is 32.2. The predicted octanol–water partition coefficient (Wildman–Crippen LogP) is 4.97. The highest BCUT2D eigenvalue weighted by Crippen LogP contribution is 2.28. The molecule has 1 aromatic carbocycles. The average molecular weight is 359 g/mol. The molecule has 0 amide bonds. The van der Waals surface area contributed by atoms with Crippen molar-refractivity contribution >= 4 is 23.1 Å². The highest BCUT2D eigenvalue weighted by molar-refractivity contribution is 7.98. The molecule has 0 saturated heterocycles. The van der Waals surface area contributed by atoms with Gasteiger partial charge in [0.05, 0.1) is 5.69 Å². The van der Waals surface area contributed by atoms with Gasteiger partial charge in [0, 0.05) is 29.7 Å². The molecule has 24 heavy (non-hydrogen) atoms. The number of hydrogen-bond donors (Lipinski definition) is 0. The van der Waals surface area contributed by atoms with Crippen molar-refractivity contribution in [2.45, 2.75) is 51.1 Å². The predicted molar refractivity (Wildman–Crippen MR) is 102 cm³/mol. The van der Waals surface area contributed by atoms with Gasteiger partial charge < -0.3 is 4.57 Å². The molecular weight excluding hydrogens is 336 g/mol. The smallest absolute Gasteiger partial charge is 0.191 e. The molecule has 0 saturated carbocycles. The van der Waals surface area contributed by atoms with Crippen molar-refractivity contribution in [2.75, 3.05) is 0 Å². The fraction of sp³-hybridized carbons (Fsp3) is 0.389. The lowest BCUT2D eigenvalue weighted by Gasteiger charge is -2.06. The van der Waals surface area contributed by atoms with Gasteiger partial charge >= 0.3 is 0 Å². The molecule has 0 aliphatic heterocycles. The Kier molecular flexibility index (Phi) is 5.68. The van der Waals surface area contributed by atoms with E-state index in [9.17, 15) is 0 Å². The van der Waals surface area contributed by atoms with Gasteiger partial charge in [0.2, 0.25) is 0 Å². The number of nitrogens with zero attached hydrogens (tertiary/aromatic N) is 4. The number of hydrogen-bond acceptors (Lipinski definition) is 5. The van der Waals surface area contributed by atoms with Gasteiger partial charge in [0.1, 0.15) is 10.8 Å². The summed E-state index contributed by atoms with van der Waals surface area (Å²) in [5, 5.41) is 12.9. The van der Waals surface area contributed by atoms with Crippen molar-refractivity contribution in [1.29, 1.82) is 0 Å². The Morgan fingerprint density at radius 2 is 1.92 bits per heavy atom. The van der Waals surface area contributed by atoms with Gasteiger partial charge in [-0.1, -0.05) is 55.4 Å². The maximum absolute atomic E-state index is 4.77. The normalized spacial score (nSPS) is 11.1. The van der Waals surface area contributed by atoms with Crippen LogP contribution in [0.5, 0.6) is 0 Å². The van der Waals surface area contributed by atoms with Crippen LogP contribution in [0.3, 0.4) is 0 Å². The van der Waals surface area contributed by atoms with E-state index < -0.39 is 0 Å². The molecule has 0 fully saturated rings. The summed E-state index contributed by atoms with van der Waals surface area (Å²) >= 11 is 3.42. The van der Waals surface area contributed by atoms with Crippen LogP contribution in [-0.2, 0) is 18.7 Å². The summed E-state index contributed by atoms with van der Waals surface area (Å²) in [7, 11) is 0. The van der Waals surface area contributed by atoms with Gasteiger partial charge in [-0.3, -0.25) is 0 Å². The fourth-order valence-electron chi connectivity index (χ4n) is 2.48. The number of benzene rings is 1. The van der Waals surface area contributed by atoms with E-state index in [0.717, 1.165) is 46.8 Å². The summed E-state index contributed by atoms with van der Waals surface area (Å²) in [6.45, 7) is 7.38. The zero-order valence-corrected chi connectivity index (χ0v) is 16.0. The lowest BCUT2D eigenvalue weighted by molar-refractivity contribution is 0.595. The molecule has 0 aliphatic carbocycles. The van der Waals surface area contributed by atoms with E-state index in [0.29, 0.717) is 0 Å². The first kappa shape index (κ1) is 17.2. The third-order valence-electron chi connectivity index (χ3n) is 3.76. The Morgan fingerprint density at radius 3 is 2.62 bits per heavy atom. The van der Waals surface area contributed by atoms with Gasteiger partial charge in [-0.25, -0.2) is 4.98 Å². The quantitative estimate of drug-likeness (QED) is 0.559. The molecular formula is C18H22N4S2. The fourth-order valence-corrected chi connectivity index (χ4v) is 4.28. The lowest BCUT2D eigenvalue weighted by atomic mass is 10.2. The first-order valence-corrected chi connectivity index (χ1v) is 10.1. The van der Waals surface area contributed by atoms with E-state index in [1.165, 1.54) is 11.1 Å². The molecule has 6 heteroatoms. The van der Waals surface area contributed by atoms with E-state index in [1.54, 1.807) is 23.1 Å². The molecule has 0 atom stereocenters. The molecule has 0 bridgehead atoms. The van der Waals surface area contributed by atoms with Crippen LogP contribution in [0.15, 0.2) is 34.8 Å². The van der Waals surface area contributed by atoms with Gasteiger partial charge in [-0.15, -0.1) is 21.5 Å². The number of aryl methyl sites for hydroxylation is 2. The summed E-state index contributed by atoms with van der Waals surface area (Å²) in [6, 6.07) is 8.53. The van der Waals surface area contributed by atoms with Gasteiger partial charge in [0.15, 0.2) is 5.16 Å². The minimum atomic E-state index is 0.827. The largest absolute Gasteiger partial charge is 0.306 e. The van der Waals surface area contributed by atoms with E-state index >= 15 is 0 Å². The molecule has 0 unspecified atom stereocenters. The second-order valence-corrected chi connectivity index (χ2v) is 7.50. The van der Waals surface area contributed by atoms with Crippen molar-refractivity contribution in [3.8, 4) is 10.6 Å². The van der Waals surface area contributed by atoms with Crippen molar-refractivity contribution in [3.05, 3.63) is 46.7 Å². The zero-order valence-electron chi connectivity index (χ0n) is 14.3. The summed E-state index contributed by atoms with van der Waals surface area (Å²) in [4.78, 5) is 4.77. The van der Waals surface area contributed by atoms with Crippen LogP contribution in [0.2, 0.25) is 0 Å². The Bertz CT molecular complexity index is 790. The maximum atomic E-state index is 4.77. The van der Waals surface area contributed by atoms with Crippen LogP contribution in [0.25, 0.3) is 10.6 Å². The van der Waals surface area contributed by atoms with Crippen molar-refractivity contribution in [3.63, 3.8) is 0 Å². The van der Waals surface area contributed by atoms with Crippen molar-refractivity contribution in [2.24, 2.45) is 0 Å². The molecule has 0 N–H and O–H groups in total. The molecule has 0 spiro atoms. The first-order valence-electron chi connectivity index (χ1n) is 8.27. The monoisotopic (exact) mass is 358 g/mol. The van der Waals surface area contributed by atoms with Crippen LogP contribution in [-0.4, -0.2) is 19.7 Å². The van der Waals surface area contributed by atoms with E-state index in [-0.39, 0.29) is 0 Å². The molecule has 3 rings (SSSR count). The average Bonchev–Trinajstić information content (AvgIpc) is 3.21. The SMILES string of the molecule is CCCn1c(CC)nnc1SCc1csc(-c2ccc(C)cc2)n1. The Balaban J connectivity index is 1.70. The Hall–Kier alpha value is -1.66. The van der Waals surface area contributed by atoms with Crippen LogP contribution >= 0.6 is 23.1 Å². The summed E-state index contributed by atoms with van der Waals surface area (Å²) in [5.41, 5.74) is 3.56. The lowest BCUT2D eigenvalue weighted by Crippen LogP contribution is -2.04. The molecule has 0 aliphatic rings. The summed E-state index contributed by atoms with van der Waals surface area (Å²) in [5.74, 6) is 1.89. The Labute approximate surface area is 151 Å². The third kappa shape index (κ3) is 3.87. The van der Waals surface area contributed by atoms with Gasteiger partial charge in [0.25, 0.3) is 0 Å². The van der Waals surface area contributed by atoms with Crippen molar-refractivity contribution in [1.82, 2.24) is 19.7 Å². The van der Waals surface area contributed by atoms with Crippen molar-refractivity contribution < 1.29 is 0 Å². The Morgan fingerprint density at radius 1 is 1.12 bits per heavy atom. The number of aromatic nitrogens is 4. The van der Waals surface area contributed by atoms with Crippen LogP contribution in [0.4, 0.5) is 0 Å². The minimum absolute atomic E-state index is 0.827. The number of thioether (sulfide) groups is 1.